The van der Waals surface area contributed by atoms with Crippen molar-refractivity contribution in [2.24, 2.45) is 7.05 Å². The number of β-lactam (4-membered cyclic amide) rings is 1. The molecular weight excluding hydrogens is 438 g/mol. The zero-order chi connectivity index (χ0) is 21.0. The number of tetrazole rings is 1. The van der Waals surface area contributed by atoms with E-state index in [2.05, 4.69) is 20.8 Å². The Balaban J connectivity index is 1.65. The van der Waals surface area contributed by atoms with E-state index in [9.17, 15) is 19.5 Å². The first-order chi connectivity index (χ1) is 13.9. The Kier molecular flexibility index (Phi) is 6.83. The Bertz CT molecular complexity index is 939. The molecule has 2 N–H and O–H groups in total. The van der Waals surface area contributed by atoms with Crippen molar-refractivity contribution < 1.29 is 19.5 Å². The molecule has 2 amide bonds. The van der Waals surface area contributed by atoms with Gasteiger partial charge in [0.25, 0.3) is 5.91 Å². The van der Waals surface area contributed by atoms with E-state index in [-0.39, 0.29) is 17.4 Å². The molecule has 0 unspecified atom stereocenters. The smallest absolute Gasteiger partial charge is 0.352 e. The molecule has 0 bridgehead atoms. The Morgan fingerprint density at radius 2 is 2.31 bits per heavy atom. The van der Waals surface area contributed by atoms with E-state index in [1.807, 2.05) is 6.07 Å². The highest BCUT2D eigenvalue weighted by Gasteiger charge is 2.54. The Hall–Kier alpha value is -2.50. The van der Waals surface area contributed by atoms with Crippen LogP contribution in [0.25, 0.3) is 0 Å². The molecule has 0 aliphatic carbocycles. The first-order valence-electron chi connectivity index (χ1n) is 8.14. The highest BCUT2D eigenvalue weighted by Crippen LogP contribution is 2.41. The molecule has 152 valence electrons. The summed E-state index contributed by atoms with van der Waals surface area (Å²) in [5, 5.41) is 33.4. The van der Waals surface area contributed by atoms with E-state index in [4.69, 9.17) is 5.26 Å². The lowest BCUT2D eigenvalue weighted by Gasteiger charge is -2.49. The number of rotatable bonds is 8. The zero-order valence-electron chi connectivity index (χ0n) is 15.0. The van der Waals surface area contributed by atoms with Gasteiger partial charge in [-0.2, -0.15) is 5.26 Å². The molecule has 0 saturated carbocycles. The van der Waals surface area contributed by atoms with Gasteiger partial charge in [0, 0.05) is 24.6 Å². The van der Waals surface area contributed by atoms with Gasteiger partial charge in [0.15, 0.2) is 0 Å². The maximum Gasteiger partial charge on any atom is 0.352 e. The summed E-state index contributed by atoms with van der Waals surface area (Å²) in [6.07, 6.45) is 1.26. The summed E-state index contributed by atoms with van der Waals surface area (Å²) in [5.41, 5.74) is 0.556. The fourth-order valence-corrected chi connectivity index (χ4v) is 5.53. The van der Waals surface area contributed by atoms with Gasteiger partial charge in [0.1, 0.15) is 17.1 Å². The third-order valence-electron chi connectivity index (χ3n) is 3.98. The molecule has 0 radical (unpaired) electrons. The van der Waals surface area contributed by atoms with Crippen LogP contribution in [0.1, 0.15) is 0 Å². The number of aliphatic carboxylic acids is 1. The minimum atomic E-state index is -1.18. The van der Waals surface area contributed by atoms with Crippen LogP contribution < -0.4 is 5.32 Å². The van der Waals surface area contributed by atoms with Crippen molar-refractivity contribution in [1.82, 2.24) is 30.4 Å². The van der Waals surface area contributed by atoms with Crippen LogP contribution >= 0.6 is 35.3 Å². The summed E-state index contributed by atoms with van der Waals surface area (Å²) in [6.45, 7) is 0. The van der Waals surface area contributed by atoms with Crippen LogP contribution in [0.5, 0.6) is 0 Å². The number of carbonyl (C=O) groups is 3. The maximum absolute atomic E-state index is 12.5. The van der Waals surface area contributed by atoms with E-state index in [0.29, 0.717) is 22.2 Å². The lowest BCUT2D eigenvalue weighted by Crippen LogP contribution is -2.70. The normalized spacial score (nSPS) is 21.0. The minimum absolute atomic E-state index is 0.0433. The van der Waals surface area contributed by atoms with Gasteiger partial charge in [-0.1, -0.05) is 11.8 Å². The first-order valence-corrected chi connectivity index (χ1v) is 11.2. The number of allylic oxidation sites excluding steroid dienone is 1. The van der Waals surface area contributed by atoms with Crippen LogP contribution in [-0.2, 0) is 21.4 Å². The summed E-state index contributed by atoms with van der Waals surface area (Å²) >= 11 is 3.82. The number of nitrogens with one attached hydrogen (secondary N) is 1. The number of carboxylic acid groups (broad SMARTS) is 1. The second-order valence-corrected chi connectivity index (χ2v) is 8.77. The average molecular weight is 454 g/mol. The third kappa shape index (κ3) is 4.57. The van der Waals surface area contributed by atoms with Crippen LogP contribution in [0.3, 0.4) is 0 Å². The van der Waals surface area contributed by atoms with E-state index in [1.54, 1.807) is 7.05 Å². The number of hydrogen-bond acceptors (Lipinski definition) is 10. The highest BCUT2D eigenvalue weighted by molar-refractivity contribution is 8.02. The van der Waals surface area contributed by atoms with Crippen molar-refractivity contribution in [2.75, 3.05) is 17.3 Å². The van der Waals surface area contributed by atoms with Crippen LogP contribution in [0.15, 0.2) is 27.9 Å². The molecule has 14 heteroatoms. The van der Waals surface area contributed by atoms with Crippen molar-refractivity contribution in [2.45, 2.75) is 16.6 Å². The van der Waals surface area contributed by atoms with E-state index >= 15 is 0 Å². The maximum atomic E-state index is 12.5. The molecule has 1 saturated heterocycles. The zero-order valence-corrected chi connectivity index (χ0v) is 17.5. The predicted molar refractivity (Wildman–Crippen MR) is 106 cm³/mol. The molecule has 1 aromatic rings. The monoisotopic (exact) mass is 453 g/mol. The van der Waals surface area contributed by atoms with Gasteiger partial charge in [-0.15, -0.1) is 28.6 Å². The van der Waals surface area contributed by atoms with E-state index < -0.39 is 23.3 Å². The molecule has 11 nitrogen and oxygen atoms in total. The first kappa shape index (κ1) is 21.2. The van der Waals surface area contributed by atoms with Crippen LogP contribution in [0.2, 0.25) is 0 Å². The number of nitrogens with zero attached hydrogens (tertiary/aromatic N) is 6. The number of hydrogen-bond donors (Lipinski definition) is 2. The van der Waals surface area contributed by atoms with Gasteiger partial charge < -0.3 is 10.4 Å². The van der Waals surface area contributed by atoms with Crippen molar-refractivity contribution in [3.05, 3.63) is 22.8 Å². The molecular formula is C15H15N7O4S3. The number of carboxylic acids is 1. The van der Waals surface area contributed by atoms with Gasteiger partial charge in [0.05, 0.1) is 11.8 Å². The topological polar surface area (TPSA) is 154 Å². The lowest BCUT2D eigenvalue weighted by molar-refractivity contribution is -0.150. The van der Waals surface area contributed by atoms with E-state index in [1.165, 1.54) is 44.6 Å². The second-order valence-electron chi connectivity index (χ2n) is 5.83. The Labute approximate surface area is 177 Å². The summed E-state index contributed by atoms with van der Waals surface area (Å²) < 4.78 is 1.48. The average Bonchev–Trinajstić information content (AvgIpc) is 3.11. The third-order valence-corrected chi connectivity index (χ3v) is 7.17. The fourth-order valence-electron chi connectivity index (χ4n) is 2.71. The van der Waals surface area contributed by atoms with E-state index in [0.717, 1.165) is 11.8 Å². The number of amides is 2. The molecule has 2 aliphatic rings. The van der Waals surface area contributed by atoms with Gasteiger partial charge in [-0.25, -0.2) is 9.48 Å². The molecule has 0 aromatic carbocycles. The van der Waals surface area contributed by atoms with Gasteiger partial charge >= 0.3 is 5.97 Å². The number of fused-ring (bicyclic) bond motifs is 1. The van der Waals surface area contributed by atoms with Gasteiger partial charge in [-0.05, 0) is 21.4 Å². The van der Waals surface area contributed by atoms with Crippen molar-refractivity contribution in [1.29, 1.82) is 5.26 Å². The van der Waals surface area contributed by atoms with Crippen LogP contribution in [0, 0.1) is 11.3 Å². The van der Waals surface area contributed by atoms with Crippen LogP contribution in [0.4, 0.5) is 0 Å². The standard InChI is InChI=1S/C15H15N7O4S3/c1-21-15(18-19-20-21)29-6-8-5-28-13-10(12(24)22(13)11(8)14(25)26)17-9(23)7-27-4-2-3-16/h2,4,10,13H,5-7H2,1H3,(H,17,23)(H,25,26)/b4-2+/t10-,13-/m0/s1. The number of aryl methyl sites for hydroxylation is 1. The Morgan fingerprint density at radius 1 is 1.52 bits per heavy atom. The number of thioether (sulfide) groups is 3. The molecule has 2 aliphatic heterocycles. The second kappa shape index (κ2) is 9.33. The Morgan fingerprint density at radius 3 is 2.97 bits per heavy atom. The molecule has 3 heterocycles. The van der Waals surface area contributed by atoms with Crippen molar-refractivity contribution in [3.63, 3.8) is 0 Å². The highest BCUT2D eigenvalue weighted by atomic mass is 32.2. The summed E-state index contributed by atoms with van der Waals surface area (Å²) in [6, 6.07) is 1.05. The molecule has 2 atom stereocenters. The molecule has 1 fully saturated rings. The quantitative estimate of drug-likeness (QED) is 0.306. The molecule has 29 heavy (non-hydrogen) atoms. The van der Waals surface area contributed by atoms with Gasteiger partial charge in [0.2, 0.25) is 11.1 Å². The van der Waals surface area contributed by atoms with Crippen molar-refractivity contribution >= 4 is 53.1 Å². The minimum Gasteiger partial charge on any atom is -0.477 e. The SMILES string of the molecule is Cn1nnnc1SCC1=C(C(=O)O)N2C(=O)[C@H](NC(=O)CS/C=C/C#N)[C@@H]2SC1. The predicted octanol–water partition coefficient (Wildman–Crippen LogP) is -0.189. The van der Waals surface area contributed by atoms with Crippen LogP contribution in [-0.4, -0.2) is 76.7 Å². The molecule has 0 spiro atoms. The fraction of sp³-hybridized carbons (Fsp3) is 0.400. The number of nitriles is 1. The number of aromatic nitrogens is 4. The number of carbonyl (C=O) groups excluding carboxylic acids is 2. The summed E-state index contributed by atoms with van der Waals surface area (Å²) in [5.74, 6) is -1.17. The largest absolute Gasteiger partial charge is 0.477 e. The molecule has 1 aromatic heterocycles. The molecule has 3 rings (SSSR count). The lowest BCUT2D eigenvalue weighted by atomic mass is 10.0. The van der Waals surface area contributed by atoms with Gasteiger partial charge in [-0.3, -0.25) is 14.5 Å². The summed E-state index contributed by atoms with van der Waals surface area (Å²) in [7, 11) is 1.68. The van der Waals surface area contributed by atoms with Crippen molar-refractivity contribution in [3.8, 4) is 6.07 Å². The summed E-state index contributed by atoms with van der Waals surface area (Å²) in [4.78, 5) is 37.6.